The van der Waals surface area contributed by atoms with Gasteiger partial charge in [-0.05, 0) is 12.5 Å². The Labute approximate surface area is 168 Å². The fraction of sp³-hybridized carbons (Fsp3) is 0.368. The van der Waals surface area contributed by atoms with Gasteiger partial charge in [0.1, 0.15) is 11.7 Å². The summed E-state index contributed by atoms with van der Waals surface area (Å²) in [5, 5.41) is 22.4. The number of aliphatic hydroxyl groups is 1. The molecule has 0 bridgehead atoms. The molecule has 4 rings (SSSR count). The van der Waals surface area contributed by atoms with E-state index in [9.17, 15) is 23.5 Å². The van der Waals surface area contributed by atoms with E-state index in [1.54, 1.807) is 0 Å². The van der Waals surface area contributed by atoms with E-state index < -0.39 is 11.7 Å². The van der Waals surface area contributed by atoms with Crippen molar-refractivity contribution in [1.29, 1.82) is 5.26 Å². The molecule has 1 saturated heterocycles. The van der Waals surface area contributed by atoms with Crippen LogP contribution in [0.2, 0.25) is 0 Å². The lowest BCUT2D eigenvalue weighted by Crippen LogP contribution is -2.33. The zero-order chi connectivity index (χ0) is 21.3. The first kappa shape index (κ1) is 20.1. The first-order chi connectivity index (χ1) is 14.4. The number of fused-ring (bicyclic) bond motifs is 1. The third kappa shape index (κ3) is 3.79. The number of rotatable bonds is 5. The molecule has 4 heterocycles. The second-order valence-electron chi connectivity index (χ2n) is 6.95. The van der Waals surface area contributed by atoms with Crippen molar-refractivity contribution in [2.75, 3.05) is 25.1 Å². The minimum atomic E-state index is -4.55. The Morgan fingerprint density at radius 3 is 2.87 bits per heavy atom. The van der Waals surface area contributed by atoms with E-state index in [-0.39, 0.29) is 46.8 Å². The average Bonchev–Trinajstić information content (AvgIpc) is 3.40. The number of alkyl halides is 3. The largest absolute Gasteiger partial charge is 0.417 e. The number of aromatic nitrogens is 4. The molecule has 0 saturated carbocycles. The molecule has 1 fully saturated rings. The van der Waals surface area contributed by atoms with Crippen LogP contribution < -0.4 is 5.32 Å². The zero-order valence-electron chi connectivity index (χ0n) is 15.6. The molecule has 0 radical (unpaired) electrons. The standard InChI is InChI=1S/C19H17F3N6O2/c20-19(21,22)12-3-13-14(7-25-17(13)24-6-12)16-11(4-23)5-26-18(28-16)27-15(8-29)10-1-2-30-9-10/h3,5-7,10,15,29H,1-2,8-9H2,(H,24,25)(H,26,27,28). The van der Waals surface area contributed by atoms with Crippen molar-refractivity contribution < 1.29 is 23.0 Å². The van der Waals surface area contributed by atoms with Crippen LogP contribution in [0.1, 0.15) is 17.5 Å². The van der Waals surface area contributed by atoms with E-state index in [1.807, 2.05) is 6.07 Å². The molecule has 3 N–H and O–H groups in total. The van der Waals surface area contributed by atoms with Crippen molar-refractivity contribution in [1.82, 2.24) is 19.9 Å². The van der Waals surface area contributed by atoms with E-state index in [1.165, 1.54) is 12.4 Å². The number of H-pyrrole nitrogens is 1. The number of anilines is 1. The van der Waals surface area contributed by atoms with Crippen LogP contribution in [-0.2, 0) is 10.9 Å². The van der Waals surface area contributed by atoms with Gasteiger partial charge in [-0.3, -0.25) is 0 Å². The fourth-order valence-corrected chi connectivity index (χ4v) is 3.44. The molecular formula is C19H17F3N6O2. The average molecular weight is 418 g/mol. The smallest absolute Gasteiger partial charge is 0.394 e. The number of nitriles is 1. The first-order valence-corrected chi connectivity index (χ1v) is 9.17. The van der Waals surface area contributed by atoms with Gasteiger partial charge in [0.2, 0.25) is 5.95 Å². The monoisotopic (exact) mass is 418 g/mol. The normalized spacial score (nSPS) is 17.8. The lowest BCUT2D eigenvalue weighted by atomic mass is 10.00. The maximum Gasteiger partial charge on any atom is 0.417 e. The van der Waals surface area contributed by atoms with E-state index in [4.69, 9.17) is 4.74 Å². The molecule has 30 heavy (non-hydrogen) atoms. The summed E-state index contributed by atoms with van der Waals surface area (Å²) in [5.74, 6) is 0.230. The number of halogens is 3. The highest BCUT2D eigenvalue weighted by Crippen LogP contribution is 2.34. The molecule has 1 aliphatic heterocycles. The summed E-state index contributed by atoms with van der Waals surface area (Å²) >= 11 is 0. The molecule has 0 spiro atoms. The SMILES string of the molecule is N#Cc1cnc(NC(CO)C2CCOC2)nc1-c1c[nH]c2ncc(C(F)(F)F)cc12. The lowest BCUT2D eigenvalue weighted by Gasteiger charge is -2.21. The van der Waals surface area contributed by atoms with Gasteiger partial charge in [-0.1, -0.05) is 0 Å². The highest BCUT2D eigenvalue weighted by atomic mass is 19.4. The number of nitrogens with one attached hydrogen (secondary N) is 2. The molecule has 0 aliphatic carbocycles. The summed E-state index contributed by atoms with van der Waals surface area (Å²) in [5.41, 5.74) is -0.0876. The van der Waals surface area contributed by atoms with Crippen LogP contribution in [0, 0.1) is 17.2 Å². The summed E-state index contributed by atoms with van der Waals surface area (Å²) in [6.07, 6.45) is -0.279. The Morgan fingerprint density at radius 1 is 1.37 bits per heavy atom. The van der Waals surface area contributed by atoms with Crippen molar-refractivity contribution in [3.8, 4) is 17.3 Å². The predicted octanol–water partition coefficient (Wildman–Crippen LogP) is 2.72. The van der Waals surface area contributed by atoms with Gasteiger partial charge in [-0.2, -0.15) is 18.4 Å². The number of hydrogen-bond donors (Lipinski definition) is 3. The molecule has 0 aromatic carbocycles. The third-order valence-corrected chi connectivity index (χ3v) is 5.07. The molecular weight excluding hydrogens is 401 g/mol. The summed E-state index contributed by atoms with van der Waals surface area (Å²) in [4.78, 5) is 15.1. The van der Waals surface area contributed by atoms with Gasteiger partial charge in [0.15, 0.2) is 0 Å². The van der Waals surface area contributed by atoms with Crippen LogP contribution in [0.4, 0.5) is 19.1 Å². The fourth-order valence-electron chi connectivity index (χ4n) is 3.44. The van der Waals surface area contributed by atoms with Crippen LogP contribution in [0.15, 0.2) is 24.7 Å². The molecule has 11 heteroatoms. The Morgan fingerprint density at radius 2 is 2.20 bits per heavy atom. The summed E-state index contributed by atoms with van der Waals surface area (Å²) in [6, 6.07) is 2.58. The topological polar surface area (TPSA) is 120 Å². The van der Waals surface area contributed by atoms with Gasteiger partial charge in [0, 0.05) is 35.9 Å². The number of pyridine rings is 1. The zero-order valence-corrected chi connectivity index (χ0v) is 15.6. The summed E-state index contributed by atoms with van der Waals surface area (Å²) in [6.45, 7) is 0.931. The molecule has 1 aliphatic rings. The van der Waals surface area contributed by atoms with Gasteiger partial charge in [-0.25, -0.2) is 15.0 Å². The van der Waals surface area contributed by atoms with Crippen molar-refractivity contribution in [3.05, 3.63) is 35.8 Å². The molecule has 2 unspecified atom stereocenters. The molecule has 2 atom stereocenters. The van der Waals surface area contributed by atoms with Gasteiger partial charge in [-0.15, -0.1) is 0 Å². The van der Waals surface area contributed by atoms with E-state index >= 15 is 0 Å². The number of aromatic amines is 1. The third-order valence-electron chi connectivity index (χ3n) is 5.07. The number of hydrogen-bond acceptors (Lipinski definition) is 7. The Balaban J connectivity index is 1.75. The van der Waals surface area contributed by atoms with Crippen LogP contribution in [0.3, 0.4) is 0 Å². The quantitative estimate of drug-likeness (QED) is 0.583. The van der Waals surface area contributed by atoms with Gasteiger partial charge < -0.3 is 20.1 Å². The van der Waals surface area contributed by atoms with Crippen LogP contribution in [0.25, 0.3) is 22.3 Å². The second kappa shape index (κ2) is 7.89. The lowest BCUT2D eigenvalue weighted by molar-refractivity contribution is -0.137. The molecule has 156 valence electrons. The van der Waals surface area contributed by atoms with E-state index in [2.05, 4.69) is 25.3 Å². The Kier molecular flexibility index (Phi) is 5.27. The van der Waals surface area contributed by atoms with Gasteiger partial charge in [0.05, 0.1) is 42.3 Å². The maximum absolute atomic E-state index is 13.1. The molecule has 8 nitrogen and oxygen atoms in total. The molecule has 3 aromatic heterocycles. The van der Waals surface area contributed by atoms with E-state index in [0.717, 1.165) is 18.7 Å². The van der Waals surface area contributed by atoms with Gasteiger partial charge >= 0.3 is 6.18 Å². The van der Waals surface area contributed by atoms with Crippen molar-refractivity contribution in [2.45, 2.75) is 18.6 Å². The summed E-state index contributed by atoms with van der Waals surface area (Å²) in [7, 11) is 0. The Hall–Kier alpha value is -3.23. The first-order valence-electron chi connectivity index (χ1n) is 9.17. The highest BCUT2D eigenvalue weighted by molar-refractivity contribution is 5.94. The maximum atomic E-state index is 13.1. The second-order valence-corrected chi connectivity index (χ2v) is 6.95. The van der Waals surface area contributed by atoms with Crippen LogP contribution in [-0.4, -0.2) is 50.9 Å². The van der Waals surface area contributed by atoms with Crippen molar-refractivity contribution in [2.24, 2.45) is 5.92 Å². The summed E-state index contributed by atoms with van der Waals surface area (Å²) < 4.78 is 44.7. The highest BCUT2D eigenvalue weighted by Gasteiger charge is 2.32. The number of nitrogens with zero attached hydrogens (tertiary/aromatic N) is 4. The molecule has 0 amide bonds. The van der Waals surface area contributed by atoms with Crippen LogP contribution in [0.5, 0.6) is 0 Å². The van der Waals surface area contributed by atoms with Crippen LogP contribution >= 0.6 is 0 Å². The Bertz CT molecular complexity index is 1100. The molecule has 3 aromatic rings. The van der Waals surface area contributed by atoms with Crippen molar-refractivity contribution in [3.63, 3.8) is 0 Å². The minimum Gasteiger partial charge on any atom is -0.394 e. The van der Waals surface area contributed by atoms with Crippen molar-refractivity contribution >= 4 is 17.0 Å². The predicted molar refractivity (Wildman–Crippen MR) is 100 cm³/mol. The number of aliphatic hydroxyl groups excluding tert-OH is 1. The van der Waals surface area contributed by atoms with E-state index in [0.29, 0.717) is 18.8 Å². The number of ether oxygens (including phenoxy) is 1. The minimum absolute atomic E-state index is 0.0734. The van der Waals surface area contributed by atoms with Gasteiger partial charge in [0.25, 0.3) is 0 Å².